The summed E-state index contributed by atoms with van der Waals surface area (Å²) in [4.78, 5) is 0. The molecule has 23 heavy (non-hydrogen) atoms. The number of para-hydroxylation sites is 1. The quantitative estimate of drug-likeness (QED) is 0.453. The van der Waals surface area contributed by atoms with Crippen LogP contribution in [0.5, 0.6) is 0 Å². The molecule has 0 saturated carbocycles. The molecule has 3 aromatic rings. The van der Waals surface area contributed by atoms with Crippen molar-refractivity contribution >= 4 is 0 Å². The van der Waals surface area contributed by atoms with E-state index in [0.717, 1.165) is 0 Å². The van der Waals surface area contributed by atoms with Gasteiger partial charge in [0.2, 0.25) is 0 Å². The van der Waals surface area contributed by atoms with Gasteiger partial charge in [0, 0.05) is 11.9 Å². The van der Waals surface area contributed by atoms with Crippen LogP contribution in [-0.4, -0.2) is 4.57 Å². The predicted molar refractivity (Wildman–Crippen MR) is 99.1 cm³/mol. The van der Waals surface area contributed by atoms with Gasteiger partial charge in [0.25, 0.3) is 0 Å². The number of aryl methyl sites for hydroxylation is 1. The van der Waals surface area contributed by atoms with Gasteiger partial charge in [0.1, 0.15) is 0 Å². The Kier molecular flexibility index (Phi) is 5.31. The number of hydrogen-bond donors (Lipinski definition) is 0. The topological polar surface area (TPSA) is 4.93 Å². The normalized spacial score (nSPS) is 10.8. The van der Waals surface area contributed by atoms with Crippen molar-refractivity contribution in [2.45, 2.75) is 39.0 Å². The SMILES string of the molecule is CCCCCCc1ccc(-c2cccn2-c2ccccc2)cc1. The fourth-order valence-electron chi connectivity index (χ4n) is 3.03. The van der Waals surface area contributed by atoms with Gasteiger partial charge < -0.3 is 4.57 Å². The van der Waals surface area contributed by atoms with E-state index in [0.29, 0.717) is 0 Å². The van der Waals surface area contributed by atoms with Crippen LogP contribution in [0.4, 0.5) is 0 Å². The first-order valence-electron chi connectivity index (χ1n) is 8.70. The maximum atomic E-state index is 2.28. The third-order valence-electron chi connectivity index (χ3n) is 4.35. The second-order valence-corrected chi connectivity index (χ2v) is 6.11. The molecule has 0 aliphatic heterocycles. The van der Waals surface area contributed by atoms with Crippen molar-refractivity contribution in [3.05, 3.63) is 78.5 Å². The van der Waals surface area contributed by atoms with Gasteiger partial charge in [-0.05, 0) is 48.2 Å². The van der Waals surface area contributed by atoms with Crippen LogP contribution in [0.1, 0.15) is 38.2 Å². The highest BCUT2D eigenvalue weighted by Crippen LogP contribution is 2.24. The summed E-state index contributed by atoms with van der Waals surface area (Å²) in [5.74, 6) is 0. The lowest BCUT2D eigenvalue weighted by Crippen LogP contribution is -1.94. The van der Waals surface area contributed by atoms with Crippen LogP contribution in [0.2, 0.25) is 0 Å². The lowest BCUT2D eigenvalue weighted by molar-refractivity contribution is 0.667. The zero-order valence-electron chi connectivity index (χ0n) is 13.9. The molecule has 0 amide bonds. The Hall–Kier alpha value is -2.28. The van der Waals surface area contributed by atoms with Gasteiger partial charge >= 0.3 is 0 Å². The van der Waals surface area contributed by atoms with Gasteiger partial charge in [-0.1, -0.05) is 68.7 Å². The molecule has 0 aliphatic carbocycles. The summed E-state index contributed by atoms with van der Waals surface area (Å²) in [5.41, 5.74) is 5.17. The van der Waals surface area contributed by atoms with Crippen molar-refractivity contribution in [1.29, 1.82) is 0 Å². The number of hydrogen-bond acceptors (Lipinski definition) is 0. The van der Waals surface area contributed by atoms with Gasteiger partial charge in [0.15, 0.2) is 0 Å². The van der Waals surface area contributed by atoms with E-state index in [9.17, 15) is 0 Å². The third kappa shape index (κ3) is 3.92. The number of unbranched alkanes of at least 4 members (excludes halogenated alkanes) is 3. The summed E-state index contributed by atoms with van der Waals surface area (Å²) in [6, 6.07) is 23.9. The van der Waals surface area contributed by atoms with Crippen LogP contribution in [-0.2, 0) is 6.42 Å². The molecular formula is C22H25N. The second-order valence-electron chi connectivity index (χ2n) is 6.11. The van der Waals surface area contributed by atoms with E-state index < -0.39 is 0 Å². The first kappa shape index (κ1) is 15.6. The number of benzene rings is 2. The van der Waals surface area contributed by atoms with Gasteiger partial charge in [-0.2, -0.15) is 0 Å². The number of aromatic nitrogens is 1. The summed E-state index contributed by atoms with van der Waals surface area (Å²) in [5, 5.41) is 0. The molecule has 3 rings (SSSR count). The second kappa shape index (κ2) is 7.82. The summed E-state index contributed by atoms with van der Waals surface area (Å²) < 4.78 is 2.25. The highest BCUT2D eigenvalue weighted by atomic mass is 15.0. The maximum Gasteiger partial charge on any atom is 0.0528 e. The average molecular weight is 303 g/mol. The molecule has 2 aromatic carbocycles. The van der Waals surface area contributed by atoms with E-state index in [-0.39, 0.29) is 0 Å². The van der Waals surface area contributed by atoms with Gasteiger partial charge in [-0.25, -0.2) is 0 Å². The molecule has 0 saturated heterocycles. The molecule has 118 valence electrons. The van der Waals surface area contributed by atoms with Crippen molar-refractivity contribution in [1.82, 2.24) is 4.57 Å². The van der Waals surface area contributed by atoms with E-state index in [1.54, 1.807) is 0 Å². The molecule has 0 bridgehead atoms. The van der Waals surface area contributed by atoms with Crippen LogP contribution in [0, 0.1) is 0 Å². The van der Waals surface area contributed by atoms with E-state index in [1.807, 2.05) is 0 Å². The summed E-state index contributed by atoms with van der Waals surface area (Å²) in [7, 11) is 0. The van der Waals surface area contributed by atoms with Crippen molar-refractivity contribution < 1.29 is 0 Å². The first-order valence-corrected chi connectivity index (χ1v) is 8.70. The zero-order valence-corrected chi connectivity index (χ0v) is 13.9. The third-order valence-corrected chi connectivity index (χ3v) is 4.35. The molecule has 0 unspecified atom stereocenters. The highest BCUT2D eigenvalue weighted by molar-refractivity contribution is 5.63. The Balaban J connectivity index is 1.75. The van der Waals surface area contributed by atoms with Gasteiger partial charge in [0.05, 0.1) is 5.69 Å². The fraction of sp³-hybridized carbons (Fsp3) is 0.273. The zero-order chi connectivity index (χ0) is 15.9. The lowest BCUT2D eigenvalue weighted by atomic mass is 10.0. The summed E-state index contributed by atoms with van der Waals surface area (Å²) >= 11 is 0. The molecule has 0 aliphatic rings. The molecular weight excluding hydrogens is 278 g/mol. The first-order chi connectivity index (χ1) is 11.4. The van der Waals surface area contributed by atoms with E-state index in [1.165, 1.54) is 54.6 Å². The smallest absolute Gasteiger partial charge is 0.0528 e. The highest BCUT2D eigenvalue weighted by Gasteiger charge is 2.05. The Morgan fingerprint density at radius 2 is 1.52 bits per heavy atom. The van der Waals surface area contributed by atoms with Crippen LogP contribution >= 0.6 is 0 Å². The van der Waals surface area contributed by atoms with Crippen molar-refractivity contribution in [3.8, 4) is 16.9 Å². The van der Waals surface area contributed by atoms with Crippen LogP contribution < -0.4 is 0 Å². The van der Waals surface area contributed by atoms with E-state index >= 15 is 0 Å². The Morgan fingerprint density at radius 3 is 2.26 bits per heavy atom. The molecule has 1 heteroatoms. The minimum Gasteiger partial charge on any atom is -0.317 e. The van der Waals surface area contributed by atoms with E-state index in [2.05, 4.69) is 84.4 Å². The monoisotopic (exact) mass is 303 g/mol. The minimum absolute atomic E-state index is 1.19. The fourth-order valence-corrected chi connectivity index (χ4v) is 3.03. The van der Waals surface area contributed by atoms with Crippen molar-refractivity contribution in [3.63, 3.8) is 0 Å². The predicted octanol–water partition coefficient (Wildman–Crippen LogP) is 6.27. The van der Waals surface area contributed by atoms with Crippen LogP contribution in [0.25, 0.3) is 16.9 Å². The lowest BCUT2D eigenvalue weighted by Gasteiger charge is -2.10. The Bertz CT molecular complexity index is 707. The van der Waals surface area contributed by atoms with Crippen LogP contribution in [0.3, 0.4) is 0 Å². The number of rotatable bonds is 7. The van der Waals surface area contributed by atoms with Crippen molar-refractivity contribution in [2.24, 2.45) is 0 Å². The van der Waals surface area contributed by atoms with E-state index in [4.69, 9.17) is 0 Å². The summed E-state index contributed by atoms with van der Waals surface area (Å²) in [6.45, 7) is 2.26. The molecule has 1 heterocycles. The molecule has 0 fully saturated rings. The molecule has 0 atom stereocenters. The Morgan fingerprint density at radius 1 is 0.739 bits per heavy atom. The largest absolute Gasteiger partial charge is 0.317 e. The van der Waals surface area contributed by atoms with Gasteiger partial charge in [-0.15, -0.1) is 0 Å². The molecule has 1 nitrogen and oxygen atoms in total. The molecule has 0 N–H and O–H groups in total. The molecule has 0 radical (unpaired) electrons. The summed E-state index contributed by atoms with van der Waals surface area (Å²) in [6.07, 6.45) is 8.62. The van der Waals surface area contributed by atoms with Gasteiger partial charge in [-0.3, -0.25) is 0 Å². The average Bonchev–Trinajstić information content (AvgIpc) is 3.10. The standard InChI is InChI=1S/C22H25N/c1-2-3-4-6-10-19-14-16-20(17-15-19)22-13-9-18-23(22)21-11-7-5-8-12-21/h5,7-9,11-18H,2-4,6,10H2,1H3. The van der Waals surface area contributed by atoms with Crippen molar-refractivity contribution in [2.75, 3.05) is 0 Å². The molecule has 0 spiro atoms. The molecule has 1 aromatic heterocycles. The van der Waals surface area contributed by atoms with Crippen LogP contribution in [0.15, 0.2) is 72.9 Å². The number of nitrogens with zero attached hydrogens (tertiary/aromatic N) is 1. The minimum atomic E-state index is 1.19. The Labute approximate surface area is 139 Å². The maximum absolute atomic E-state index is 2.28.